The summed E-state index contributed by atoms with van der Waals surface area (Å²) in [6, 6.07) is 13.9. The van der Waals surface area contributed by atoms with Crippen molar-refractivity contribution in [1.82, 2.24) is 4.57 Å². The highest BCUT2D eigenvalue weighted by Crippen LogP contribution is 2.34. The van der Waals surface area contributed by atoms with Crippen LogP contribution in [0.5, 0.6) is 5.75 Å². The Balaban J connectivity index is 1.97. The molecule has 0 saturated heterocycles. The van der Waals surface area contributed by atoms with Gasteiger partial charge in [0, 0.05) is 5.02 Å². The average Bonchev–Trinajstić information content (AvgIpc) is 3.08. The first-order valence-electron chi connectivity index (χ1n) is 10.0. The van der Waals surface area contributed by atoms with E-state index in [9.17, 15) is 9.59 Å². The number of hydrogen-bond donors (Lipinski definition) is 0. The van der Waals surface area contributed by atoms with Gasteiger partial charge in [0.2, 0.25) is 0 Å². The molecule has 1 aromatic heterocycles. The molecule has 1 aliphatic rings. The Labute approximate surface area is 193 Å². The fraction of sp³-hybridized carbons (Fsp3) is 0.208. The molecule has 0 radical (unpaired) electrons. The van der Waals surface area contributed by atoms with E-state index in [0.717, 1.165) is 5.56 Å². The van der Waals surface area contributed by atoms with Crippen LogP contribution >= 0.6 is 22.9 Å². The number of carbonyl (C=O) groups is 1. The highest BCUT2D eigenvalue weighted by molar-refractivity contribution is 7.07. The maximum atomic E-state index is 13.5. The molecule has 164 valence electrons. The molecule has 0 aliphatic carbocycles. The van der Waals surface area contributed by atoms with E-state index >= 15 is 0 Å². The quantitative estimate of drug-likeness (QED) is 0.538. The van der Waals surface area contributed by atoms with E-state index in [4.69, 9.17) is 21.1 Å². The zero-order valence-corrected chi connectivity index (χ0v) is 19.4. The maximum Gasteiger partial charge on any atom is 0.338 e. The first-order chi connectivity index (χ1) is 15.4. The number of rotatable bonds is 5. The van der Waals surface area contributed by atoms with Gasteiger partial charge in [0.25, 0.3) is 5.56 Å². The molecule has 0 saturated carbocycles. The number of thiazole rings is 1. The lowest BCUT2D eigenvalue weighted by Crippen LogP contribution is -2.40. The van der Waals surface area contributed by atoms with Gasteiger partial charge >= 0.3 is 5.97 Å². The van der Waals surface area contributed by atoms with Crippen LogP contribution in [0.15, 0.2) is 69.6 Å². The summed E-state index contributed by atoms with van der Waals surface area (Å²) in [6.07, 6.45) is 1.79. The van der Waals surface area contributed by atoms with Crippen LogP contribution in [0.2, 0.25) is 5.02 Å². The van der Waals surface area contributed by atoms with E-state index in [0.29, 0.717) is 36.9 Å². The number of ether oxygens (including phenoxy) is 2. The zero-order valence-electron chi connectivity index (χ0n) is 17.8. The Morgan fingerprint density at radius 1 is 1.25 bits per heavy atom. The topological polar surface area (TPSA) is 69.9 Å². The fourth-order valence-corrected chi connectivity index (χ4v) is 4.95. The number of esters is 1. The summed E-state index contributed by atoms with van der Waals surface area (Å²) in [6.45, 7) is 3.70. The first kappa shape index (κ1) is 22.0. The van der Waals surface area contributed by atoms with E-state index in [1.807, 2.05) is 36.4 Å². The standard InChI is InChI=1S/C24H21ClN2O4S/c1-4-31-23(29)20-14(2)26-24-27(21(20)17-10-5-6-11-18(17)25)22(28)19(32-24)13-15-8-7-9-16(12-15)30-3/h5-13,21H,4H2,1-3H3. The normalized spacial score (nSPS) is 15.9. The van der Waals surface area contributed by atoms with E-state index in [1.165, 1.54) is 15.9 Å². The third-order valence-corrected chi connectivity index (χ3v) is 6.44. The summed E-state index contributed by atoms with van der Waals surface area (Å²) in [5.74, 6) is 0.182. The minimum Gasteiger partial charge on any atom is -0.497 e. The molecule has 6 nitrogen and oxygen atoms in total. The first-order valence-corrected chi connectivity index (χ1v) is 11.2. The van der Waals surface area contributed by atoms with Crippen LogP contribution in [-0.4, -0.2) is 24.3 Å². The van der Waals surface area contributed by atoms with Crippen molar-refractivity contribution in [1.29, 1.82) is 0 Å². The smallest absolute Gasteiger partial charge is 0.338 e. The minimum atomic E-state index is -0.730. The summed E-state index contributed by atoms with van der Waals surface area (Å²) in [5.41, 5.74) is 2.02. The molecule has 1 atom stereocenters. The van der Waals surface area contributed by atoms with Gasteiger partial charge in [-0.1, -0.05) is 53.3 Å². The lowest BCUT2D eigenvalue weighted by Gasteiger charge is -2.25. The van der Waals surface area contributed by atoms with Gasteiger partial charge in [-0.15, -0.1) is 0 Å². The lowest BCUT2D eigenvalue weighted by molar-refractivity contribution is -0.139. The van der Waals surface area contributed by atoms with Gasteiger partial charge in [-0.3, -0.25) is 9.36 Å². The highest BCUT2D eigenvalue weighted by atomic mass is 35.5. The molecule has 0 amide bonds. The van der Waals surface area contributed by atoms with Crippen molar-refractivity contribution < 1.29 is 14.3 Å². The summed E-state index contributed by atoms with van der Waals surface area (Å²) >= 11 is 7.77. The number of allylic oxidation sites excluding steroid dienone is 1. The summed E-state index contributed by atoms with van der Waals surface area (Å²) in [7, 11) is 1.59. The number of fused-ring (bicyclic) bond motifs is 1. The number of nitrogens with zero attached hydrogens (tertiary/aromatic N) is 2. The van der Waals surface area contributed by atoms with Gasteiger partial charge in [0.05, 0.1) is 29.5 Å². The second-order valence-corrected chi connectivity index (χ2v) is 8.52. The molecule has 1 aliphatic heterocycles. The molecule has 2 heterocycles. The molecule has 0 bridgehead atoms. The monoisotopic (exact) mass is 468 g/mol. The Bertz CT molecular complexity index is 1400. The van der Waals surface area contributed by atoms with Crippen LogP contribution in [0.25, 0.3) is 6.08 Å². The van der Waals surface area contributed by atoms with Crippen molar-refractivity contribution in [2.75, 3.05) is 13.7 Å². The number of carbonyl (C=O) groups excluding carboxylic acids is 1. The Morgan fingerprint density at radius 3 is 2.75 bits per heavy atom. The molecule has 0 spiro atoms. The van der Waals surface area contributed by atoms with Crippen molar-refractivity contribution in [3.05, 3.63) is 95.6 Å². The Hall–Kier alpha value is -3.16. The van der Waals surface area contributed by atoms with Crippen molar-refractivity contribution in [3.63, 3.8) is 0 Å². The number of benzene rings is 2. The largest absolute Gasteiger partial charge is 0.497 e. The van der Waals surface area contributed by atoms with Crippen molar-refractivity contribution in [2.24, 2.45) is 4.99 Å². The summed E-state index contributed by atoms with van der Waals surface area (Å²) < 4.78 is 12.6. The summed E-state index contributed by atoms with van der Waals surface area (Å²) in [5, 5.41) is 0.455. The van der Waals surface area contributed by atoms with Gasteiger partial charge in [-0.25, -0.2) is 9.79 Å². The molecule has 8 heteroatoms. The SMILES string of the molecule is CCOC(=O)C1=C(C)N=c2sc(=Cc3cccc(OC)c3)c(=O)n2C1c1ccccc1Cl. The molecule has 4 rings (SSSR count). The van der Waals surface area contributed by atoms with Crippen LogP contribution in [0, 0.1) is 0 Å². The highest BCUT2D eigenvalue weighted by Gasteiger charge is 2.34. The third-order valence-electron chi connectivity index (χ3n) is 5.11. The molecule has 3 aromatic rings. The van der Waals surface area contributed by atoms with Crippen molar-refractivity contribution in [2.45, 2.75) is 19.9 Å². The predicted molar refractivity (Wildman–Crippen MR) is 125 cm³/mol. The van der Waals surface area contributed by atoms with Crippen LogP contribution < -0.4 is 19.6 Å². The van der Waals surface area contributed by atoms with E-state index in [-0.39, 0.29) is 12.2 Å². The fourth-order valence-electron chi connectivity index (χ4n) is 3.67. The number of hydrogen-bond acceptors (Lipinski definition) is 6. The molecule has 0 fully saturated rings. The molecule has 2 aromatic carbocycles. The Kier molecular flexibility index (Phi) is 6.30. The minimum absolute atomic E-state index is 0.213. The lowest BCUT2D eigenvalue weighted by atomic mass is 9.96. The van der Waals surface area contributed by atoms with Crippen LogP contribution in [0.4, 0.5) is 0 Å². The molecular weight excluding hydrogens is 448 g/mol. The third kappa shape index (κ3) is 4.01. The number of methoxy groups -OCH3 is 1. The van der Waals surface area contributed by atoms with E-state index in [2.05, 4.69) is 4.99 Å². The van der Waals surface area contributed by atoms with Gasteiger partial charge in [0.1, 0.15) is 11.8 Å². The van der Waals surface area contributed by atoms with Crippen LogP contribution in [-0.2, 0) is 9.53 Å². The molecule has 1 unspecified atom stereocenters. The molecule has 32 heavy (non-hydrogen) atoms. The van der Waals surface area contributed by atoms with E-state index < -0.39 is 12.0 Å². The second-order valence-electron chi connectivity index (χ2n) is 7.10. The van der Waals surface area contributed by atoms with Crippen molar-refractivity contribution >= 4 is 35.0 Å². The van der Waals surface area contributed by atoms with Gasteiger partial charge in [-0.05, 0) is 49.2 Å². The van der Waals surface area contributed by atoms with Gasteiger partial charge in [0.15, 0.2) is 4.80 Å². The van der Waals surface area contributed by atoms with Gasteiger partial charge in [-0.2, -0.15) is 0 Å². The predicted octanol–water partition coefficient (Wildman–Crippen LogP) is 3.46. The zero-order chi connectivity index (χ0) is 22.8. The summed E-state index contributed by atoms with van der Waals surface area (Å²) in [4.78, 5) is 31.5. The van der Waals surface area contributed by atoms with E-state index in [1.54, 1.807) is 39.2 Å². The van der Waals surface area contributed by atoms with Crippen molar-refractivity contribution in [3.8, 4) is 5.75 Å². The van der Waals surface area contributed by atoms with Gasteiger partial charge < -0.3 is 9.47 Å². The number of aromatic nitrogens is 1. The molecular formula is C24H21ClN2O4S. The number of halogens is 1. The Morgan fingerprint density at radius 2 is 2.03 bits per heavy atom. The van der Waals surface area contributed by atoms with Crippen LogP contribution in [0.1, 0.15) is 31.0 Å². The van der Waals surface area contributed by atoms with Crippen LogP contribution in [0.3, 0.4) is 0 Å². The molecule has 0 N–H and O–H groups in total. The second kappa shape index (κ2) is 9.14. The maximum absolute atomic E-state index is 13.5. The average molecular weight is 469 g/mol.